The van der Waals surface area contributed by atoms with Gasteiger partial charge in [0.1, 0.15) is 5.69 Å². The number of carbonyl (C=O) groups is 1. The van der Waals surface area contributed by atoms with Gasteiger partial charge < -0.3 is 5.32 Å². The molecule has 0 unspecified atom stereocenters. The van der Waals surface area contributed by atoms with Crippen LogP contribution in [0.2, 0.25) is 5.02 Å². The van der Waals surface area contributed by atoms with E-state index in [4.69, 9.17) is 11.6 Å². The van der Waals surface area contributed by atoms with Crippen molar-refractivity contribution in [1.29, 1.82) is 0 Å². The molecular weight excluding hydrogens is 306 g/mol. The number of halogens is 1. The molecule has 2 heterocycles. The minimum atomic E-state index is -0.150. The molecule has 21 heavy (non-hydrogen) atoms. The van der Waals surface area contributed by atoms with E-state index in [1.165, 1.54) is 11.3 Å². The van der Waals surface area contributed by atoms with E-state index in [0.29, 0.717) is 21.3 Å². The standard InChI is InChI=1S/C15H12ClN3OS/c1-9-13(17-15(20)12-7-4-8-21-12)14(19-18-9)10-5-2-3-6-11(10)16/h2-8H,1H3,(H,17,20)(H,18,19). The molecule has 1 aromatic carbocycles. The smallest absolute Gasteiger partial charge is 0.265 e. The van der Waals surface area contributed by atoms with Crippen molar-refractivity contribution in [2.75, 3.05) is 5.32 Å². The Bertz CT molecular complexity index is 780. The zero-order valence-corrected chi connectivity index (χ0v) is 12.8. The van der Waals surface area contributed by atoms with E-state index in [9.17, 15) is 4.79 Å². The summed E-state index contributed by atoms with van der Waals surface area (Å²) in [5.74, 6) is -0.150. The van der Waals surface area contributed by atoms with Crippen LogP contribution in [0.5, 0.6) is 0 Å². The molecule has 2 aromatic heterocycles. The average molecular weight is 318 g/mol. The first-order valence-electron chi connectivity index (χ1n) is 6.31. The quantitative estimate of drug-likeness (QED) is 0.754. The van der Waals surface area contributed by atoms with Crippen LogP contribution >= 0.6 is 22.9 Å². The highest BCUT2D eigenvalue weighted by molar-refractivity contribution is 7.12. The molecule has 0 radical (unpaired) electrons. The van der Waals surface area contributed by atoms with Crippen molar-refractivity contribution in [2.45, 2.75) is 6.92 Å². The molecule has 0 bridgehead atoms. The van der Waals surface area contributed by atoms with Crippen molar-refractivity contribution in [3.05, 3.63) is 57.4 Å². The van der Waals surface area contributed by atoms with E-state index in [1.54, 1.807) is 12.1 Å². The number of rotatable bonds is 3. The summed E-state index contributed by atoms with van der Waals surface area (Å²) < 4.78 is 0. The number of carbonyl (C=O) groups excluding carboxylic acids is 1. The molecule has 0 spiro atoms. The number of nitrogens with one attached hydrogen (secondary N) is 2. The van der Waals surface area contributed by atoms with E-state index in [1.807, 2.05) is 36.6 Å². The van der Waals surface area contributed by atoms with E-state index < -0.39 is 0 Å². The van der Waals surface area contributed by atoms with Gasteiger partial charge in [0.05, 0.1) is 21.3 Å². The fourth-order valence-corrected chi connectivity index (χ4v) is 2.86. The third-order valence-electron chi connectivity index (χ3n) is 3.06. The Kier molecular flexibility index (Phi) is 3.77. The summed E-state index contributed by atoms with van der Waals surface area (Å²) in [6, 6.07) is 11.0. The molecule has 0 atom stereocenters. The SMILES string of the molecule is Cc1[nH]nc(-c2ccccc2Cl)c1NC(=O)c1cccs1. The van der Waals surface area contributed by atoms with E-state index >= 15 is 0 Å². The number of thiophene rings is 1. The first-order chi connectivity index (χ1) is 10.2. The van der Waals surface area contributed by atoms with Gasteiger partial charge in [-0.1, -0.05) is 35.9 Å². The molecule has 0 aliphatic rings. The zero-order valence-electron chi connectivity index (χ0n) is 11.2. The average Bonchev–Trinajstić information content (AvgIpc) is 3.11. The predicted molar refractivity (Wildman–Crippen MR) is 86.0 cm³/mol. The van der Waals surface area contributed by atoms with Gasteiger partial charge in [0.2, 0.25) is 0 Å². The Morgan fingerprint density at radius 2 is 2.10 bits per heavy atom. The summed E-state index contributed by atoms with van der Waals surface area (Å²) in [5, 5.41) is 12.5. The zero-order chi connectivity index (χ0) is 14.8. The predicted octanol–water partition coefficient (Wildman–Crippen LogP) is 4.35. The number of benzene rings is 1. The maximum absolute atomic E-state index is 12.2. The van der Waals surface area contributed by atoms with Crippen LogP contribution in [0.1, 0.15) is 15.4 Å². The first-order valence-corrected chi connectivity index (χ1v) is 7.57. The van der Waals surface area contributed by atoms with Gasteiger partial charge in [-0.05, 0) is 24.4 Å². The van der Waals surface area contributed by atoms with Crippen LogP contribution in [0.25, 0.3) is 11.3 Å². The summed E-state index contributed by atoms with van der Waals surface area (Å²) >= 11 is 7.61. The molecule has 106 valence electrons. The molecule has 0 aliphatic carbocycles. The largest absolute Gasteiger partial charge is 0.318 e. The Hall–Kier alpha value is -2.11. The normalized spacial score (nSPS) is 10.6. The molecular formula is C15H12ClN3OS. The summed E-state index contributed by atoms with van der Waals surface area (Å²) in [6.45, 7) is 1.86. The number of aromatic amines is 1. The first kappa shape index (κ1) is 13.9. The van der Waals surface area contributed by atoms with Crippen LogP contribution in [0.4, 0.5) is 5.69 Å². The maximum atomic E-state index is 12.2. The fourth-order valence-electron chi connectivity index (χ4n) is 2.01. The monoisotopic (exact) mass is 317 g/mol. The summed E-state index contributed by atoms with van der Waals surface area (Å²) in [5.41, 5.74) is 2.87. The topological polar surface area (TPSA) is 57.8 Å². The van der Waals surface area contributed by atoms with Crippen LogP contribution in [0.3, 0.4) is 0 Å². The van der Waals surface area contributed by atoms with Crippen LogP contribution in [-0.2, 0) is 0 Å². The van der Waals surface area contributed by atoms with Gasteiger partial charge in [0.25, 0.3) is 5.91 Å². The Morgan fingerprint density at radius 3 is 2.81 bits per heavy atom. The van der Waals surface area contributed by atoms with Gasteiger partial charge in [-0.15, -0.1) is 11.3 Å². The lowest BCUT2D eigenvalue weighted by molar-refractivity contribution is 0.103. The Balaban J connectivity index is 1.98. The Labute approximate surface area is 130 Å². The molecule has 2 N–H and O–H groups in total. The van der Waals surface area contributed by atoms with Gasteiger partial charge in [0, 0.05) is 5.56 Å². The molecule has 0 aliphatic heterocycles. The van der Waals surface area contributed by atoms with Crippen LogP contribution in [-0.4, -0.2) is 16.1 Å². The molecule has 0 fully saturated rings. The molecule has 3 aromatic rings. The maximum Gasteiger partial charge on any atom is 0.265 e. The van der Waals surface area contributed by atoms with Crippen molar-refractivity contribution < 1.29 is 4.79 Å². The second-order valence-corrected chi connectivity index (χ2v) is 5.84. The number of H-pyrrole nitrogens is 1. The lowest BCUT2D eigenvalue weighted by Crippen LogP contribution is -2.11. The number of aryl methyl sites for hydroxylation is 1. The number of nitrogens with zero attached hydrogens (tertiary/aromatic N) is 1. The number of hydrogen-bond donors (Lipinski definition) is 2. The number of hydrogen-bond acceptors (Lipinski definition) is 3. The summed E-state index contributed by atoms with van der Waals surface area (Å²) in [7, 11) is 0. The molecule has 3 rings (SSSR count). The lowest BCUT2D eigenvalue weighted by Gasteiger charge is -2.07. The van der Waals surface area contributed by atoms with Gasteiger partial charge in [-0.3, -0.25) is 9.89 Å². The van der Waals surface area contributed by atoms with E-state index in [2.05, 4.69) is 15.5 Å². The van der Waals surface area contributed by atoms with Crippen LogP contribution < -0.4 is 5.32 Å². The highest BCUT2D eigenvalue weighted by Crippen LogP contribution is 2.33. The second kappa shape index (κ2) is 5.71. The molecule has 4 nitrogen and oxygen atoms in total. The number of anilines is 1. The highest BCUT2D eigenvalue weighted by Gasteiger charge is 2.17. The molecule has 0 saturated carbocycles. The van der Waals surface area contributed by atoms with Gasteiger partial charge in [-0.2, -0.15) is 5.10 Å². The molecule has 6 heteroatoms. The van der Waals surface area contributed by atoms with E-state index in [0.717, 1.165) is 11.3 Å². The second-order valence-electron chi connectivity index (χ2n) is 4.48. The lowest BCUT2D eigenvalue weighted by atomic mass is 10.1. The van der Waals surface area contributed by atoms with Crippen molar-refractivity contribution in [3.8, 4) is 11.3 Å². The third-order valence-corrected chi connectivity index (χ3v) is 4.26. The summed E-state index contributed by atoms with van der Waals surface area (Å²) in [4.78, 5) is 12.9. The van der Waals surface area contributed by atoms with Crippen molar-refractivity contribution in [2.24, 2.45) is 0 Å². The fraction of sp³-hybridized carbons (Fsp3) is 0.0667. The third kappa shape index (κ3) is 2.70. The van der Waals surface area contributed by atoms with Crippen molar-refractivity contribution >= 4 is 34.5 Å². The molecule has 0 saturated heterocycles. The van der Waals surface area contributed by atoms with Crippen LogP contribution in [0.15, 0.2) is 41.8 Å². The van der Waals surface area contributed by atoms with Gasteiger partial charge >= 0.3 is 0 Å². The molecule has 1 amide bonds. The highest BCUT2D eigenvalue weighted by atomic mass is 35.5. The van der Waals surface area contributed by atoms with Crippen molar-refractivity contribution in [3.63, 3.8) is 0 Å². The van der Waals surface area contributed by atoms with Crippen molar-refractivity contribution in [1.82, 2.24) is 10.2 Å². The van der Waals surface area contributed by atoms with Crippen LogP contribution in [0, 0.1) is 6.92 Å². The Morgan fingerprint density at radius 1 is 1.29 bits per heavy atom. The van der Waals surface area contributed by atoms with Gasteiger partial charge in [-0.25, -0.2) is 0 Å². The number of aromatic nitrogens is 2. The van der Waals surface area contributed by atoms with E-state index in [-0.39, 0.29) is 5.91 Å². The number of amides is 1. The van der Waals surface area contributed by atoms with Gasteiger partial charge in [0.15, 0.2) is 0 Å². The summed E-state index contributed by atoms with van der Waals surface area (Å²) in [6.07, 6.45) is 0. The minimum Gasteiger partial charge on any atom is -0.318 e. The minimum absolute atomic E-state index is 0.150.